The van der Waals surface area contributed by atoms with E-state index >= 15 is 0 Å². The minimum Gasteiger partial charge on any atom is -0.369 e. The molecular weight excluding hydrogens is 128 g/mol. The van der Waals surface area contributed by atoms with Gasteiger partial charge in [-0.1, -0.05) is 13.3 Å². The Bertz CT molecular complexity index is 106. The van der Waals surface area contributed by atoms with Crippen LogP contribution in [-0.2, 0) is 0 Å². The van der Waals surface area contributed by atoms with Gasteiger partial charge in [0.1, 0.15) is 0 Å². The zero-order valence-corrected chi connectivity index (χ0v) is 6.59. The van der Waals surface area contributed by atoms with Crippen LogP contribution in [0.3, 0.4) is 0 Å². The highest BCUT2D eigenvalue weighted by atomic mass is 15.3. The quantitative estimate of drug-likeness (QED) is 0.294. The first kappa shape index (κ1) is 9.07. The van der Waals surface area contributed by atoms with E-state index in [1.54, 1.807) is 0 Å². The Morgan fingerprint density at radius 2 is 2.20 bits per heavy atom. The van der Waals surface area contributed by atoms with E-state index in [0.29, 0.717) is 6.04 Å². The molecule has 0 saturated heterocycles. The third-order valence-electron chi connectivity index (χ3n) is 1.14. The number of guanidine groups is 1. The van der Waals surface area contributed by atoms with Gasteiger partial charge in [0.25, 0.3) is 0 Å². The summed E-state index contributed by atoms with van der Waals surface area (Å²) in [6.07, 6.45) is 2.21. The van der Waals surface area contributed by atoms with E-state index in [0.717, 1.165) is 12.8 Å². The molecule has 5 N–H and O–H groups in total. The lowest BCUT2D eigenvalue weighted by molar-refractivity contribution is 0.527. The number of rotatable bonds is 4. The molecule has 0 aliphatic carbocycles. The summed E-state index contributed by atoms with van der Waals surface area (Å²) in [6, 6.07) is 0.354. The van der Waals surface area contributed by atoms with Crippen molar-refractivity contribution in [1.29, 1.82) is 0 Å². The van der Waals surface area contributed by atoms with Crippen LogP contribution in [0.15, 0.2) is 5.10 Å². The monoisotopic (exact) mass is 144 g/mol. The minimum atomic E-state index is 0.0861. The van der Waals surface area contributed by atoms with Crippen LogP contribution in [0.25, 0.3) is 0 Å². The van der Waals surface area contributed by atoms with Gasteiger partial charge in [-0.15, -0.1) is 5.10 Å². The van der Waals surface area contributed by atoms with Gasteiger partial charge in [-0.2, -0.15) is 0 Å². The summed E-state index contributed by atoms with van der Waals surface area (Å²) in [5, 5.41) is 3.67. The van der Waals surface area contributed by atoms with Crippen molar-refractivity contribution in [3.8, 4) is 0 Å². The lowest BCUT2D eigenvalue weighted by Gasteiger charge is -2.08. The average Bonchev–Trinajstić information content (AvgIpc) is 1.85. The average molecular weight is 144 g/mol. The molecule has 0 rings (SSSR count). The molecule has 0 aromatic rings. The van der Waals surface area contributed by atoms with E-state index in [4.69, 9.17) is 11.5 Å². The summed E-state index contributed by atoms with van der Waals surface area (Å²) < 4.78 is 0. The van der Waals surface area contributed by atoms with Gasteiger partial charge in [0.05, 0.1) is 0 Å². The van der Waals surface area contributed by atoms with E-state index in [1.807, 2.05) is 6.92 Å². The van der Waals surface area contributed by atoms with Crippen LogP contribution >= 0.6 is 0 Å². The normalized spacial score (nSPS) is 12.2. The Hall–Kier alpha value is -0.930. The van der Waals surface area contributed by atoms with Crippen LogP contribution in [-0.4, -0.2) is 12.0 Å². The molecule has 0 spiro atoms. The molecule has 0 bridgehead atoms. The third kappa shape index (κ3) is 5.21. The van der Waals surface area contributed by atoms with Crippen LogP contribution in [0.4, 0.5) is 0 Å². The maximum absolute atomic E-state index is 5.10. The van der Waals surface area contributed by atoms with Crippen molar-refractivity contribution in [1.82, 2.24) is 5.43 Å². The molecule has 0 radical (unpaired) electrons. The van der Waals surface area contributed by atoms with Gasteiger partial charge in [0.2, 0.25) is 5.96 Å². The lowest BCUT2D eigenvalue weighted by Crippen LogP contribution is -2.29. The second kappa shape index (κ2) is 4.90. The molecule has 0 aromatic carbocycles. The largest absolute Gasteiger partial charge is 0.369 e. The fourth-order valence-electron chi connectivity index (χ4n) is 0.682. The topological polar surface area (TPSA) is 76.4 Å². The maximum Gasteiger partial charge on any atom is 0.208 e. The standard InChI is InChI=1S/C6H16N4/c1-3-4-5(2)9-10-6(7)8/h5,9H,3-4H2,1-2H3,(H4,7,8,10). The van der Waals surface area contributed by atoms with Gasteiger partial charge in [0, 0.05) is 6.04 Å². The fraction of sp³-hybridized carbons (Fsp3) is 0.833. The summed E-state index contributed by atoms with van der Waals surface area (Å²) in [5.74, 6) is 0.0861. The molecule has 0 aliphatic heterocycles. The van der Waals surface area contributed by atoms with Gasteiger partial charge in [-0.05, 0) is 13.3 Å². The number of hydrogen-bond donors (Lipinski definition) is 3. The molecule has 1 unspecified atom stereocenters. The third-order valence-corrected chi connectivity index (χ3v) is 1.14. The second-order valence-corrected chi connectivity index (χ2v) is 2.36. The SMILES string of the molecule is CCCC(C)NN=C(N)N. The minimum absolute atomic E-state index is 0.0861. The van der Waals surface area contributed by atoms with Crippen LogP contribution in [0.2, 0.25) is 0 Å². The van der Waals surface area contributed by atoms with Gasteiger partial charge < -0.3 is 16.9 Å². The number of nitrogens with zero attached hydrogens (tertiary/aromatic N) is 1. The molecule has 0 aromatic heterocycles. The van der Waals surface area contributed by atoms with E-state index in [-0.39, 0.29) is 5.96 Å². The first-order valence-corrected chi connectivity index (χ1v) is 3.51. The van der Waals surface area contributed by atoms with Gasteiger partial charge >= 0.3 is 0 Å². The smallest absolute Gasteiger partial charge is 0.208 e. The molecule has 0 saturated carbocycles. The number of hydrogen-bond acceptors (Lipinski definition) is 2. The molecule has 4 nitrogen and oxygen atoms in total. The summed E-state index contributed by atoms with van der Waals surface area (Å²) >= 11 is 0. The molecule has 1 atom stereocenters. The van der Waals surface area contributed by atoms with E-state index in [1.165, 1.54) is 0 Å². The van der Waals surface area contributed by atoms with E-state index in [2.05, 4.69) is 17.5 Å². The van der Waals surface area contributed by atoms with E-state index < -0.39 is 0 Å². The van der Waals surface area contributed by atoms with Gasteiger partial charge in [-0.25, -0.2) is 0 Å². The van der Waals surface area contributed by atoms with Crippen LogP contribution < -0.4 is 16.9 Å². The maximum atomic E-state index is 5.10. The molecule has 0 amide bonds. The van der Waals surface area contributed by atoms with Crippen molar-refractivity contribution in [3.63, 3.8) is 0 Å². The summed E-state index contributed by atoms with van der Waals surface area (Å²) in [4.78, 5) is 0. The lowest BCUT2D eigenvalue weighted by atomic mass is 10.2. The van der Waals surface area contributed by atoms with Crippen LogP contribution in [0.5, 0.6) is 0 Å². The van der Waals surface area contributed by atoms with Gasteiger partial charge in [-0.3, -0.25) is 0 Å². The number of nitrogens with two attached hydrogens (primary N) is 2. The highest BCUT2D eigenvalue weighted by Crippen LogP contribution is 1.93. The highest BCUT2D eigenvalue weighted by molar-refractivity contribution is 5.75. The molecule has 0 fully saturated rings. The zero-order valence-electron chi connectivity index (χ0n) is 6.59. The summed E-state index contributed by atoms with van der Waals surface area (Å²) in [7, 11) is 0. The zero-order chi connectivity index (χ0) is 7.98. The highest BCUT2D eigenvalue weighted by Gasteiger charge is 1.95. The van der Waals surface area contributed by atoms with Gasteiger partial charge in [0.15, 0.2) is 0 Å². The number of hydrazone groups is 1. The molecule has 0 heterocycles. The molecular formula is C6H16N4. The summed E-state index contributed by atoms with van der Waals surface area (Å²) in [6.45, 7) is 4.16. The van der Waals surface area contributed by atoms with Crippen LogP contribution in [0, 0.1) is 0 Å². The number of nitrogens with one attached hydrogen (secondary N) is 1. The van der Waals surface area contributed by atoms with Crippen molar-refractivity contribution in [3.05, 3.63) is 0 Å². The Labute approximate surface area is 61.7 Å². The Kier molecular flexibility index (Phi) is 4.45. The molecule has 60 valence electrons. The van der Waals surface area contributed by atoms with Crippen LogP contribution in [0.1, 0.15) is 26.7 Å². The van der Waals surface area contributed by atoms with Crippen molar-refractivity contribution in [2.45, 2.75) is 32.7 Å². The molecule has 0 aliphatic rings. The van der Waals surface area contributed by atoms with Crippen molar-refractivity contribution < 1.29 is 0 Å². The summed E-state index contributed by atoms with van der Waals surface area (Å²) in [5.41, 5.74) is 13.0. The van der Waals surface area contributed by atoms with E-state index in [9.17, 15) is 0 Å². The van der Waals surface area contributed by atoms with Crippen molar-refractivity contribution in [2.75, 3.05) is 0 Å². The fourth-order valence-corrected chi connectivity index (χ4v) is 0.682. The Balaban J connectivity index is 3.38. The molecule has 4 heteroatoms. The first-order chi connectivity index (χ1) is 4.66. The molecule has 10 heavy (non-hydrogen) atoms. The first-order valence-electron chi connectivity index (χ1n) is 3.51. The Morgan fingerprint density at radius 3 is 2.60 bits per heavy atom. The second-order valence-electron chi connectivity index (χ2n) is 2.36. The predicted octanol–water partition coefficient (Wildman–Crippen LogP) is -0.0470. The van der Waals surface area contributed by atoms with Crippen molar-refractivity contribution in [2.24, 2.45) is 16.6 Å². The van der Waals surface area contributed by atoms with Crippen molar-refractivity contribution >= 4 is 5.96 Å². The predicted molar refractivity (Wildman–Crippen MR) is 43.3 cm³/mol. The Morgan fingerprint density at radius 1 is 1.60 bits per heavy atom.